The Hall–Kier alpha value is -4.45. The van der Waals surface area contributed by atoms with E-state index in [0.29, 0.717) is 58.8 Å². The third-order valence-corrected chi connectivity index (χ3v) is 8.23. The first-order valence-corrected chi connectivity index (χ1v) is 17.3. The molecule has 47 heavy (non-hydrogen) atoms. The van der Waals surface area contributed by atoms with E-state index in [1.54, 1.807) is 22.9 Å². The Morgan fingerprint density at radius 2 is 1.60 bits per heavy atom. The van der Waals surface area contributed by atoms with E-state index in [4.69, 9.17) is 10.8 Å². The normalized spacial score (nSPS) is 11.7. The van der Waals surface area contributed by atoms with Crippen molar-refractivity contribution in [1.29, 1.82) is 0 Å². The van der Waals surface area contributed by atoms with Crippen LogP contribution >= 0.6 is 11.5 Å². The molecule has 250 valence electrons. The molecule has 4 rings (SSSR count). The van der Waals surface area contributed by atoms with Crippen molar-refractivity contribution in [2.24, 2.45) is 10.2 Å². The van der Waals surface area contributed by atoms with Crippen LogP contribution in [0.5, 0.6) is 0 Å². The number of unbranched alkanes of at least 4 members (excludes halogenated alkanes) is 3. The van der Waals surface area contributed by atoms with Crippen molar-refractivity contribution < 1.29 is 9.59 Å². The standard InChI is InChI=1S/C35H47N9O2S/c1-7-10-18-37-32(45)25-21-26(33(46)43(19-11-8-2)20-12-9-3)23-27(22-25)44-30(36)28(29(41-44)35(4,5)6)39-40-34-38-31(42-47-34)24-16-14-13-15-17-24/h13-17,21-23H,7-12,18-20,36H2,1-6H3,(H,37,45). The average Bonchev–Trinajstić information content (AvgIpc) is 3.68. The van der Waals surface area contributed by atoms with Gasteiger partial charge in [0.1, 0.15) is 0 Å². The topological polar surface area (TPSA) is 144 Å². The number of carbonyl (C=O) groups excluding carboxylic acids is 2. The third-order valence-electron chi connectivity index (χ3n) is 7.63. The Balaban J connectivity index is 1.78. The number of amides is 2. The number of carbonyl (C=O) groups is 2. The van der Waals surface area contributed by atoms with Crippen LogP contribution in [-0.4, -0.2) is 55.5 Å². The minimum atomic E-state index is -0.449. The highest BCUT2D eigenvalue weighted by molar-refractivity contribution is 7.09. The number of rotatable bonds is 15. The molecule has 0 aliphatic carbocycles. The molecule has 0 radical (unpaired) electrons. The Morgan fingerprint density at radius 1 is 0.936 bits per heavy atom. The first-order valence-electron chi connectivity index (χ1n) is 16.5. The quantitative estimate of drug-likeness (QED) is 0.0973. The van der Waals surface area contributed by atoms with E-state index in [0.717, 1.165) is 55.6 Å². The van der Waals surface area contributed by atoms with Crippen LogP contribution in [0.2, 0.25) is 0 Å². The number of aromatic nitrogens is 4. The van der Waals surface area contributed by atoms with Gasteiger partial charge in [-0.1, -0.05) is 91.1 Å². The fraction of sp³-hybridized carbons (Fsp3) is 0.457. The largest absolute Gasteiger partial charge is 0.382 e. The van der Waals surface area contributed by atoms with Crippen LogP contribution in [0.1, 0.15) is 106 Å². The van der Waals surface area contributed by atoms with Crippen LogP contribution in [0.25, 0.3) is 17.1 Å². The first-order chi connectivity index (χ1) is 22.6. The highest BCUT2D eigenvalue weighted by atomic mass is 32.1. The number of nitrogens with one attached hydrogen (secondary N) is 1. The van der Waals surface area contributed by atoms with Gasteiger partial charge in [0.2, 0.25) is 5.13 Å². The van der Waals surface area contributed by atoms with E-state index in [1.807, 2.05) is 56.0 Å². The van der Waals surface area contributed by atoms with Crippen molar-refractivity contribution in [1.82, 2.24) is 29.4 Å². The lowest BCUT2D eigenvalue weighted by Gasteiger charge is -2.23. The Morgan fingerprint density at radius 3 is 2.23 bits per heavy atom. The summed E-state index contributed by atoms with van der Waals surface area (Å²) in [6.07, 6.45) is 5.56. The van der Waals surface area contributed by atoms with Gasteiger partial charge in [0, 0.05) is 53.3 Å². The molecule has 2 amide bonds. The summed E-state index contributed by atoms with van der Waals surface area (Å²) in [6, 6.07) is 14.8. The molecule has 2 aromatic heterocycles. The molecular weight excluding hydrogens is 611 g/mol. The number of nitrogens with two attached hydrogens (primary N) is 1. The number of hydrogen-bond acceptors (Lipinski definition) is 9. The second-order valence-electron chi connectivity index (χ2n) is 12.6. The highest BCUT2D eigenvalue weighted by Gasteiger charge is 2.28. The van der Waals surface area contributed by atoms with Crippen molar-refractivity contribution in [2.75, 3.05) is 25.4 Å². The van der Waals surface area contributed by atoms with Crippen LogP contribution in [0.3, 0.4) is 0 Å². The molecular formula is C35H47N9O2S. The van der Waals surface area contributed by atoms with E-state index in [-0.39, 0.29) is 17.6 Å². The van der Waals surface area contributed by atoms with Crippen molar-refractivity contribution in [2.45, 2.75) is 85.5 Å². The SMILES string of the molecule is CCCCNC(=O)c1cc(C(=O)N(CCCC)CCCC)cc(-n2nc(C(C)(C)C)c(N=Nc3nc(-c4ccccc4)ns3)c2N)c1. The molecule has 0 atom stereocenters. The van der Waals surface area contributed by atoms with E-state index in [2.05, 4.69) is 45.7 Å². The maximum absolute atomic E-state index is 13.9. The van der Waals surface area contributed by atoms with Gasteiger partial charge in [-0.3, -0.25) is 9.59 Å². The average molecular weight is 658 g/mol. The van der Waals surface area contributed by atoms with E-state index in [9.17, 15) is 9.59 Å². The molecule has 0 saturated carbocycles. The van der Waals surface area contributed by atoms with Crippen molar-refractivity contribution in [3.63, 3.8) is 0 Å². The molecule has 0 fully saturated rings. The van der Waals surface area contributed by atoms with Gasteiger partial charge >= 0.3 is 0 Å². The van der Waals surface area contributed by atoms with E-state index in [1.165, 1.54) is 0 Å². The smallest absolute Gasteiger partial charge is 0.253 e. The molecule has 3 N–H and O–H groups in total. The summed E-state index contributed by atoms with van der Waals surface area (Å²) in [5, 5.41) is 17.2. The van der Waals surface area contributed by atoms with Crippen LogP contribution in [-0.2, 0) is 5.41 Å². The number of azo groups is 1. The number of hydrogen-bond donors (Lipinski definition) is 2. The molecule has 11 nitrogen and oxygen atoms in total. The lowest BCUT2D eigenvalue weighted by Crippen LogP contribution is -2.33. The molecule has 0 unspecified atom stereocenters. The maximum atomic E-state index is 13.9. The second kappa shape index (κ2) is 16.4. The molecule has 2 aromatic carbocycles. The summed E-state index contributed by atoms with van der Waals surface area (Å²) in [5.74, 6) is 0.434. The van der Waals surface area contributed by atoms with Gasteiger partial charge in [-0.2, -0.15) is 14.5 Å². The highest BCUT2D eigenvalue weighted by Crippen LogP contribution is 2.38. The summed E-state index contributed by atoms with van der Waals surface area (Å²) in [6.45, 7) is 14.2. The first kappa shape index (κ1) is 35.4. The summed E-state index contributed by atoms with van der Waals surface area (Å²) in [5.41, 5.74) is 9.47. The van der Waals surface area contributed by atoms with E-state index < -0.39 is 5.41 Å². The molecule has 4 aromatic rings. The lowest BCUT2D eigenvalue weighted by atomic mass is 9.91. The van der Waals surface area contributed by atoms with Gasteiger partial charge < -0.3 is 16.0 Å². The van der Waals surface area contributed by atoms with Gasteiger partial charge in [-0.15, -0.1) is 10.2 Å². The van der Waals surface area contributed by atoms with Gasteiger partial charge in [0.05, 0.1) is 11.4 Å². The second-order valence-corrected chi connectivity index (χ2v) is 13.3. The van der Waals surface area contributed by atoms with Gasteiger partial charge in [0.15, 0.2) is 17.3 Å². The predicted octanol–water partition coefficient (Wildman–Crippen LogP) is 8.26. The van der Waals surface area contributed by atoms with Gasteiger partial charge in [0.25, 0.3) is 11.8 Å². The lowest BCUT2D eigenvalue weighted by molar-refractivity contribution is 0.0751. The van der Waals surface area contributed by atoms with Crippen LogP contribution < -0.4 is 11.1 Å². The van der Waals surface area contributed by atoms with Crippen molar-refractivity contribution >= 4 is 40.0 Å². The maximum Gasteiger partial charge on any atom is 0.253 e. The number of nitrogens with zero attached hydrogens (tertiary/aromatic N) is 7. The van der Waals surface area contributed by atoms with E-state index >= 15 is 0 Å². The number of benzene rings is 2. The zero-order valence-electron chi connectivity index (χ0n) is 28.4. The molecule has 12 heteroatoms. The fourth-order valence-electron chi connectivity index (χ4n) is 4.94. The van der Waals surface area contributed by atoms with Crippen molar-refractivity contribution in [3.05, 3.63) is 65.4 Å². The molecule has 0 bridgehead atoms. The van der Waals surface area contributed by atoms with Gasteiger partial charge in [-0.05, 0) is 37.5 Å². The van der Waals surface area contributed by atoms with Crippen molar-refractivity contribution in [3.8, 4) is 17.1 Å². The summed E-state index contributed by atoms with van der Waals surface area (Å²) in [4.78, 5) is 33.7. The zero-order valence-corrected chi connectivity index (χ0v) is 29.2. The van der Waals surface area contributed by atoms with Crippen LogP contribution in [0.4, 0.5) is 16.6 Å². The zero-order chi connectivity index (χ0) is 34.0. The summed E-state index contributed by atoms with van der Waals surface area (Å²) < 4.78 is 5.97. The fourth-order valence-corrected chi connectivity index (χ4v) is 5.46. The minimum absolute atomic E-state index is 0.122. The summed E-state index contributed by atoms with van der Waals surface area (Å²) in [7, 11) is 0. The van der Waals surface area contributed by atoms with Crippen LogP contribution in [0, 0.1) is 0 Å². The summed E-state index contributed by atoms with van der Waals surface area (Å²) >= 11 is 1.14. The number of nitrogen functional groups attached to an aromatic ring is 1. The molecule has 0 saturated heterocycles. The Labute approximate surface area is 281 Å². The molecule has 0 aliphatic rings. The molecule has 2 heterocycles. The molecule has 0 spiro atoms. The Bertz CT molecular complexity index is 1660. The monoisotopic (exact) mass is 657 g/mol. The third kappa shape index (κ3) is 9.09. The Kier molecular flexibility index (Phi) is 12.4. The van der Waals surface area contributed by atoms with Gasteiger partial charge in [-0.25, -0.2) is 4.68 Å². The number of anilines is 1. The molecule has 0 aliphatic heterocycles. The van der Waals surface area contributed by atoms with Crippen LogP contribution in [0.15, 0.2) is 58.8 Å². The predicted molar refractivity (Wildman–Crippen MR) is 189 cm³/mol. The minimum Gasteiger partial charge on any atom is -0.382 e.